The van der Waals surface area contributed by atoms with Crippen molar-refractivity contribution in [1.82, 2.24) is 4.72 Å². The number of furan rings is 1. The molecule has 1 fully saturated rings. The molecule has 0 radical (unpaired) electrons. The van der Waals surface area contributed by atoms with Crippen molar-refractivity contribution in [2.45, 2.75) is 12.2 Å². The Balaban J connectivity index is 2.14. The Labute approximate surface area is 106 Å². The van der Waals surface area contributed by atoms with Crippen LogP contribution in [0.3, 0.4) is 0 Å². The molecular weight excluding hydrogens is 314 g/mol. The van der Waals surface area contributed by atoms with Gasteiger partial charge in [0.2, 0.25) is 10.0 Å². The molecule has 94 valence electrons. The van der Waals surface area contributed by atoms with Crippen LogP contribution in [0.15, 0.2) is 15.2 Å². The Bertz CT molecular complexity index is 546. The van der Waals surface area contributed by atoms with Gasteiger partial charge < -0.3 is 9.15 Å². The van der Waals surface area contributed by atoms with Gasteiger partial charge in [0.1, 0.15) is 11.0 Å². The molecule has 1 saturated heterocycles. The zero-order valence-corrected chi connectivity index (χ0v) is 11.3. The van der Waals surface area contributed by atoms with E-state index in [4.69, 9.17) is 9.15 Å². The van der Waals surface area contributed by atoms with E-state index >= 15 is 0 Å². The van der Waals surface area contributed by atoms with Crippen LogP contribution in [0, 0.1) is 6.92 Å². The molecule has 1 aliphatic heterocycles. The van der Waals surface area contributed by atoms with Crippen LogP contribution in [0.5, 0.6) is 0 Å². The highest BCUT2D eigenvalue weighted by molar-refractivity contribution is 9.10. The maximum atomic E-state index is 11.7. The van der Waals surface area contributed by atoms with E-state index in [0.717, 1.165) is 0 Å². The van der Waals surface area contributed by atoms with Crippen LogP contribution in [-0.2, 0) is 14.8 Å². The maximum absolute atomic E-state index is 11.7. The first-order valence-corrected chi connectivity index (χ1v) is 7.14. The minimum absolute atomic E-state index is 0.122. The second-order valence-corrected chi connectivity index (χ2v) is 6.40. The SMILES string of the molecule is Cc1oc(Br)cc1C(=O)NS(=O)(=O)C1COC1. The molecule has 0 bridgehead atoms. The van der Waals surface area contributed by atoms with E-state index in [9.17, 15) is 13.2 Å². The van der Waals surface area contributed by atoms with Crippen LogP contribution in [0.25, 0.3) is 0 Å². The van der Waals surface area contributed by atoms with Gasteiger partial charge in [0, 0.05) is 6.07 Å². The third kappa shape index (κ3) is 2.53. The van der Waals surface area contributed by atoms with Crippen molar-refractivity contribution in [3.8, 4) is 0 Å². The Morgan fingerprint density at radius 1 is 1.53 bits per heavy atom. The van der Waals surface area contributed by atoms with Gasteiger partial charge in [-0.2, -0.15) is 0 Å². The highest BCUT2D eigenvalue weighted by Gasteiger charge is 2.34. The summed E-state index contributed by atoms with van der Waals surface area (Å²) in [5.41, 5.74) is 0.195. The first kappa shape index (κ1) is 12.6. The lowest BCUT2D eigenvalue weighted by Crippen LogP contribution is -2.48. The average Bonchev–Trinajstić information content (AvgIpc) is 2.39. The van der Waals surface area contributed by atoms with Crippen molar-refractivity contribution in [3.63, 3.8) is 0 Å². The summed E-state index contributed by atoms with van der Waals surface area (Å²) >= 11 is 3.07. The van der Waals surface area contributed by atoms with Gasteiger partial charge in [-0.1, -0.05) is 0 Å². The van der Waals surface area contributed by atoms with E-state index in [1.807, 2.05) is 4.72 Å². The van der Waals surface area contributed by atoms with Crippen molar-refractivity contribution in [1.29, 1.82) is 0 Å². The van der Waals surface area contributed by atoms with Gasteiger partial charge in [-0.05, 0) is 22.9 Å². The van der Waals surface area contributed by atoms with Gasteiger partial charge >= 0.3 is 0 Å². The quantitative estimate of drug-likeness (QED) is 0.889. The maximum Gasteiger partial charge on any atom is 0.268 e. The number of amides is 1. The number of hydrogen-bond acceptors (Lipinski definition) is 5. The second kappa shape index (κ2) is 4.43. The number of rotatable bonds is 3. The molecule has 1 aromatic heterocycles. The first-order valence-electron chi connectivity index (χ1n) is 4.80. The number of sulfonamides is 1. The molecule has 2 heterocycles. The summed E-state index contributed by atoms with van der Waals surface area (Å²) in [6.07, 6.45) is 0. The fourth-order valence-electron chi connectivity index (χ4n) is 1.33. The molecular formula is C9H10BrNO5S. The summed E-state index contributed by atoms with van der Waals surface area (Å²) in [6.45, 7) is 1.83. The predicted molar refractivity (Wildman–Crippen MR) is 62.1 cm³/mol. The molecule has 0 atom stereocenters. The summed E-state index contributed by atoms with van der Waals surface area (Å²) in [7, 11) is -3.66. The van der Waals surface area contributed by atoms with E-state index in [1.54, 1.807) is 6.92 Å². The van der Waals surface area contributed by atoms with E-state index in [1.165, 1.54) is 6.07 Å². The van der Waals surface area contributed by atoms with E-state index in [-0.39, 0.29) is 18.8 Å². The third-order valence-corrected chi connectivity index (χ3v) is 4.42. The van der Waals surface area contributed by atoms with Crippen molar-refractivity contribution in [2.75, 3.05) is 13.2 Å². The van der Waals surface area contributed by atoms with Gasteiger partial charge in [0.05, 0.1) is 18.8 Å². The average molecular weight is 324 g/mol. The Kier molecular flexibility index (Phi) is 3.28. The lowest BCUT2D eigenvalue weighted by Gasteiger charge is -2.25. The molecule has 6 nitrogen and oxygen atoms in total. The van der Waals surface area contributed by atoms with Crippen LogP contribution in [-0.4, -0.2) is 32.8 Å². The predicted octanol–water partition coefficient (Wildman–Crippen LogP) is 0.809. The molecule has 8 heteroatoms. The lowest BCUT2D eigenvalue weighted by atomic mass is 10.2. The molecule has 0 spiro atoms. The van der Waals surface area contributed by atoms with Crippen LogP contribution in [0.4, 0.5) is 0 Å². The van der Waals surface area contributed by atoms with Gasteiger partial charge in [-0.15, -0.1) is 0 Å². The van der Waals surface area contributed by atoms with Crippen molar-refractivity contribution in [3.05, 3.63) is 22.1 Å². The summed E-state index contributed by atoms with van der Waals surface area (Å²) < 4.78 is 35.6. The molecule has 0 unspecified atom stereocenters. The Morgan fingerprint density at radius 3 is 2.59 bits per heavy atom. The van der Waals surface area contributed by atoms with Gasteiger partial charge in [-0.3, -0.25) is 4.79 Å². The zero-order valence-electron chi connectivity index (χ0n) is 8.90. The molecule has 1 amide bonds. The Morgan fingerprint density at radius 2 is 2.18 bits per heavy atom. The largest absolute Gasteiger partial charge is 0.454 e. The van der Waals surface area contributed by atoms with E-state index < -0.39 is 21.2 Å². The van der Waals surface area contributed by atoms with Crippen LogP contribution >= 0.6 is 15.9 Å². The molecule has 1 aromatic rings. The number of aryl methyl sites for hydroxylation is 1. The molecule has 2 rings (SSSR count). The normalized spacial score (nSPS) is 16.6. The van der Waals surface area contributed by atoms with Crippen LogP contribution in [0.2, 0.25) is 0 Å². The molecule has 17 heavy (non-hydrogen) atoms. The summed E-state index contributed by atoms with van der Waals surface area (Å²) in [5.74, 6) is -0.335. The minimum Gasteiger partial charge on any atom is -0.454 e. The molecule has 1 N–H and O–H groups in total. The number of carbonyl (C=O) groups excluding carboxylic acids is 1. The smallest absolute Gasteiger partial charge is 0.268 e. The molecule has 1 aliphatic rings. The lowest BCUT2D eigenvalue weighted by molar-refractivity contribution is 0.0411. The van der Waals surface area contributed by atoms with E-state index in [2.05, 4.69) is 15.9 Å². The first-order chi connectivity index (χ1) is 7.90. The molecule has 0 saturated carbocycles. The second-order valence-electron chi connectivity index (χ2n) is 3.66. The van der Waals surface area contributed by atoms with Gasteiger partial charge in [0.15, 0.2) is 4.67 Å². The number of nitrogens with one attached hydrogen (secondary N) is 1. The highest BCUT2D eigenvalue weighted by atomic mass is 79.9. The van der Waals surface area contributed by atoms with Crippen molar-refractivity contribution in [2.24, 2.45) is 0 Å². The van der Waals surface area contributed by atoms with Crippen molar-refractivity contribution < 1.29 is 22.4 Å². The molecule has 0 aromatic carbocycles. The fraction of sp³-hybridized carbons (Fsp3) is 0.444. The standard InChI is InChI=1S/C9H10BrNO5S/c1-5-7(2-8(10)16-5)9(12)11-17(13,14)6-3-15-4-6/h2,6H,3-4H2,1H3,(H,11,12). The summed E-state index contributed by atoms with van der Waals surface area (Å²) in [6, 6.07) is 1.43. The van der Waals surface area contributed by atoms with Crippen LogP contribution < -0.4 is 4.72 Å². The number of halogens is 1. The van der Waals surface area contributed by atoms with Gasteiger partial charge in [-0.25, -0.2) is 13.1 Å². The number of carbonyl (C=O) groups is 1. The monoisotopic (exact) mass is 323 g/mol. The summed E-state index contributed by atoms with van der Waals surface area (Å²) in [4.78, 5) is 11.7. The Hall–Kier alpha value is -0.860. The van der Waals surface area contributed by atoms with Crippen LogP contribution in [0.1, 0.15) is 16.1 Å². The molecule has 0 aliphatic carbocycles. The zero-order chi connectivity index (χ0) is 12.6. The summed E-state index contributed by atoms with van der Waals surface area (Å²) in [5, 5.41) is -0.651. The number of ether oxygens (including phenoxy) is 1. The van der Waals surface area contributed by atoms with E-state index in [0.29, 0.717) is 10.4 Å². The topological polar surface area (TPSA) is 85.6 Å². The third-order valence-electron chi connectivity index (χ3n) is 2.41. The highest BCUT2D eigenvalue weighted by Crippen LogP contribution is 2.20. The minimum atomic E-state index is -3.66. The van der Waals surface area contributed by atoms with Gasteiger partial charge in [0.25, 0.3) is 5.91 Å². The number of hydrogen-bond donors (Lipinski definition) is 1. The van der Waals surface area contributed by atoms with Crippen molar-refractivity contribution >= 4 is 31.9 Å². The fourth-order valence-corrected chi connectivity index (χ4v) is 2.89.